The number of carbonyl (C=O) groups is 3. The van der Waals surface area contributed by atoms with Crippen molar-refractivity contribution in [2.24, 2.45) is 0 Å². The summed E-state index contributed by atoms with van der Waals surface area (Å²) in [7, 11) is 1.80. The van der Waals surface area contributed by atoms with Crippen LogP contribution >= 0.6 is 0 Å². The van der Waals surface area contributed by atoms with Gasteiger partial charge in [0, 0.05) is 58.9 Å². The lowest BCUT2D eigenvalue weighted by molar-refractivity contribution is -0.136. The third kappa shape index (κ3) is 6.24. The molecule has 2 aliphatic rings. The fourth-order valence-corrected chi connectivity index (χ4v) is 4.43. The number of piperazine rings is 2. The van der Waals surface area contributed by atoms with E-state index in [0.29, 0.717) is 45.0 Å². The fourth-order valence-electron chi connectivity index (χ4n) is 4.43. The van der Waals surface area contributed by atoms with E-state index in [0.717, 1.165) is 19.6 Å². The van der Waals surface area contributed by atoms with Crippen LogP contribution in [-0.4, -0.2) is 115 Å². The zero-order chi connectivity index (χ0) is 23.9. The van der Waals surface area contributed by atoms with E-state index in [1.54, 1.807) is 33.9 Å². The standard InChI is InChI=1S/C25H33N5O4/c1-26(19-23(31)28-11-9-27(10-12-28)18-21-6-3-2-4-7-21)20-24(32)29-13-15-30(16-14-29)25(33)22-8-5-17-34-22/h2-8,17H,9-16,18-20H2,1H3. The van der Waals surface area contributed by atoms with Crippen molar-refractivity contribution in [3.63, 3.8) is 0 Å². The van der Waals surface area contributed by atoms with E-state index in [9.17, 15) is 14.4 Å². The molecule has 0 bridgehead atoms. The highest BCUT2D eigenvalue weighted by atomic mass is 16.3. The zero-order valence-corrected chi connectivity index (χ0v) is 19.8. The second kappa shape index (κ2) is 11.3. The predicted octanol–water partition coefficient (Wildman–Crippen LogP) is 0.840. The maximum Gasteiger partial charge on any atom is 0.289 e. The van der Waals surface area contributed by atoms with Gasteiger partial charge in [-0.1, -0.05) is 30.3 Å². The average Bonchev–Trinajstić information content (AvgIpc) is 3.40. The van der Waals surface area contributed by atoms with Crippen molar-refractivity contribution in [1.29, 1.82) is 0 Å². The Morgan fingerprint density at radius 3 is 1.88 bits per heavy atom. The molecule has 2 saturated heterocycles. The van der Waals surface area contributed by atoms with E-state index < -0.39 is 0 Å². The number of likely N-dealkylation sites (N-methyl/N-ethyl adjacent to an activating group) is 1. The smallest absolute Gasteiger partial charge is 0.289 e. The van der Waals surface area contributed by atoms with Crippen molar-refractivity contribution in [3.8, 4) is 0 Å². The molecule has 182 valence electrons. The molecule has 1 aromatic carbocycles. The number of amides is 3. The maximum atomic E-state index is 12.7. The molecule has 2 fully saturated rings. The number of carbonyl (C=O) groups excluding carboxylic acids is 3. The molecule has 2 aliphatic heterocycles. The van der Waals surface area contributed by atoms with Crippen LogP contribution in [0.4, 0.5) is 0 Å². The number of rotatable bonds is 7. The van der Waals surface area contributed by atoms with Crippen LogP contribution in [0.5, 0.6) is 0 Å². The summed E-state index contributed by atoms with van der Waals surface area (Å²) < 4.78 is 5.18. The first-order valence-corrected chi connectivity index (χ1v) is 11.8. The van der Waals surface area contributed by atoms with Gasteiger partial charge in [-0.3, -0.25) is 24.2 Å². The van der Waals surface area contributed by atoms with Gasteiger partial charge < -0.3 is 19.1 Å². The third-order valence-electron chi connectivity index (χ3n) is 6.44. The summed E-state index contributed by atoms with van der Waals surface area (Å²) in [4.78, 5) is 47.3. The van der Waals surface area contributed by atoms with Gasteiger partial charge in [0.25, 0.3) is 5.91 Å². The number of furan rings is 1. The molecule has 0 N–H and O–H groups in total. The molecule has 0 atom stereocenters. The summed E-state index contributed by atoms with van der Waals surface area (Å²) >= 11 is 0. The Kier molecular flexibility index (Phi) is 7.97. The van der Waals surface area contributed by atoms with Gasteiger partial charge in [-0.25, -0.2) is 0 Å². The third-order valence-corrected chi connectivity index (χ3v) is 6.44. The van der Waals surface area contributed by atoms with Gasteiger partial charge in [-0.05, 0) is 24.7 Å². The minimum Gasteiger partial charge on any atom is -0.459 e. The van der Waals surface area contributed by atoms with Crippen molar-refractivity contribution in [1.82, 2.24) is 24.5 Å². The molecule has 0 unspecified atom stereocenters. The lowest BCUT2D eigenvalue weighted by Gasteiger charge is -2.36. The van der Waals surface area contributed by atoms with Gasteiger partial charge in [-0.15, -0.1) is 0 Å². The van der Waals surface area contributed by atoms with Gasteiger partial charge in [0.2, 0.25) is 11.8 Å². The fraction of sp³-hybridized carbons (Fsp3) is 0.480. The molecule has 1 aromatic heterocycles. The Labute approximate surface area is 200 Å². The molecule has 3 amide bonds. The Bertz CT molecular complexity index is 949. The number of hydrogen-bond donors (Lipinski definition) is 0. The minimum absolute atomic E-state index is 0.0203. The van der Waals surface area contributed by atoms with Crippen molar-refractivity contribution in [2.75, 3.05) is 72.5 Å². The topological polar surface area (TPSA) is 80.6 Å². The number of nitrogens with zero attached hydrogens (tertiary/aromatic N) is 5. The molecule has 0 radical (unpaired) electrons. The highest BCUT2D eigenvalue weighted by molar-refractivity contribution is 5.91. The van der Waals surface area contributed by atoms with Crippen LogP contribution in [0.3, 0.4) is 0 Å². The maximum absolute atomic E-state index is 12.7. The predicted molar refractivity (Wildman–Crippen MR) is 127 cm³/mol. The molecule has 3 heterocycles. The molecule has 0 saturated carbocycles. The van der Waals surface area contributed by atoms with Gasteiger partial charge in [0.1, 0.15) is 0 Å². The normalized spacial score (nSPS) is 17.3. The summed E-state index contributed by atoms with van der Waals surface area (Å²) in [5.41, 5.74) is 1.28. The highest BCUT2D eigenvalue weighted by Crippen LogP contribution is 2.11. The summed E-state index contributed by atoms with van der Waals surface area (Å²) in [6.45, 7) is 6.34. The van der Waals surface area contributed by atoms with Crippen molar-refractivity contribution in [2.45, 2.75) is 6.54 Å². The van der Waals surface area contributed by atoms with E-state index in [2.05, 4.69) is 17.0 Å². The van der Waals surface area contributed by atoms with Gasteiger partial charge in [0.15, 0.2) is 5.76 Å². The highest BCUT2D eigenvalue weighted by Gasteiger charge is 2.27. The summed E-state index contributed by atoms with van der Waals surface area (Å²) in [5, 5.41) is 0. The van der Waals surface area contributed by atoms with Gasteiger partial charge in [0.05, 0.1) is 19.4 Å². The molecular weight excluding hydrogens is 434 g/mol. The molecule has 4 rings (SSSR count). The number of benzene rings is 1. The molecule has 9 heteroatoms. The Morgan fingerprint density at radius 1 is 0.765 bits per heavy atom. The SMILES string of the molecule is CN(CC(=O)N1CCN(Cc2ccccc2)CC1)CC(=O)N1CCN(C(=O)c2ccco2)CC1. The van der Waals surface area contributed by atoms with Crippen LogP contribution in [0.15, 0.2) is 53.1 Å². The van der Waals surface area contributed by atoms with Crippen LogP contribution in [0.2, 0.25) is 0 Å². The average molecular weight is 468 g/mol. The van der Waals surface area contributed by atoms with E-state index >= 15 is 0 Å². The Balaban J connectivity index is 1.15. The quantitative estimate of drug-likeness (QED) is 0.601. The van der Waals surface area contributed by atoms with E-state index in [4.69, 9.17) is 4.42 Å². The van der Waals surface area contributed by atoms with Crippen LogP contribution in [0, 0.1) is 0 Å². The molecular formula is C25H33N5O4. The monoisotopic (exact) mass is 467 g/mol. The second-order valence-corrected chi connectivity index (χ2v) is 8.97. The molecule has 2 aromatic rings. The second-order valence-electron chi connectivity index (χ2n) is 8.97. The first kappa shape index (κ1) is 24.0. The van der Waals surface area contributed by atoms with Crippen molar-refractivity contribution in [3.05, 3.63) is 60.1 Å². The van der Waals surface area contributed by atoms with Crippen LogP contribution < -0.4 is 0 Å². The lowest BCUT2D eigenvalue weighted by atomic mass is 10.2. The van der Waals surface area contributed by atoms with Crippen LogP contribution in [0.1, 0.15) is 16.1 Å². The van der Waals surface area contributed by atoms with E-state index in [1.807, 2.05) is 23.1 Å². The largest absolute Gasteiger partial charge is 0.459 e. The first-order valence-electron chi connectivity index (χ1n) is 11.8. The summed E-state index contributed by atoms with van der Waals surface area (Å²) in [6.07, 6.45) is 1.48. The summed E-state index contributed by atoms with van der Waals surface area (Å²) in [5.74, 6) is 0.208. The summed E-state index contributed by atoms with van der Waals surface area (Å²) in [6, 6.07) is 13.7. The van der Waals surface area contributed by atoms with E-state index in [1.165, 1.54) is 11.8 Å². The lowest BCUT2D eigenvalue weighted by Crippen LogP contribution is -2.53. The molecule has 9 nitrogen and oxygen atoms in total. The Morgan fingerprint density at radius 2 is 1.32 bits per heavy atom. The van der Waals surface area contributed by atoms with Gasteiger partial charge >= 0.3 is 0 Å². The van der Waals surface area contributed by atoms with Crippen molar-refractivity contribution >= 4 is 17.7 Å². The Hall–Kier alpha value is -3.17. The molecule has 34 heavy (non-hydrogen) atoms. The van der Waals surface area contributed by atoms with Gasteiger partial charge in [-0.2, -0.15) is 0 Å². The van der Waals surface area contributed by atoms with Crippen molar-refractivity contribution < 1.29 is 18.8 Å². The minimum atomic E-state index is -0.149. The zero-order valence-electron chi connectivity index (χ0n) is 19.8. The molecule has 0 aliphatic carbocycles. The number of hydrogen-bond acceptors (Lipinski definition) is 6. The van der Waals surface area contributed by atoms with Crippen LogP contribution in [-0.2, 0) is 16.1 Å². The van der Waals surface area contributed by atoms with E-state index in [-0.39, 0.29) is 30.8 Å². The molecule has 0 spiro atoms. The first-order chi connectivity index (χ1) is 16.5. The van der Waals surface area contributed by atoms with Crippen LogP contribution in [0.25, 0.3) is 0 Å².